The molecule has 1 saturated heterocycles. The average molecular weight is 341 g/mol. The van der Waals surface area contributed by atoms with Gasteiger partial charge in [-0.25, -0.2) is 4.98 Å². The standard InChI is InChI=1S/C19H23N3O3/c1-13-4-3-5-16(14(13)2)25-17-7-6-15(12-21-17)22-18(23)19(20)8-10-24-11-9-19/h3-7,12H,8-11,20H2,1-2H3,(H,22,23). The summed E-state index contributed by atoms with van der Waals surface area (Å²) in [7, 11) is 0. The number of carbonyl (C=O) groups excluding carboxylic acids is 1. The number of nitrogens with zero attached hydrogens (tertiary/aromatic N) is 1. The van der Waals surface area contributed by atoms with Crippen molar-refractivity contribution in [3.8, 4) is 11.6 Å². The van der Waals surface area contributed by atoms with E-state index in [-0.39, 0.29) is 5.91 Å². The van der Waals surface area contributed by atoms with E-state index in [0.717, 1.165) is 16.9 Å². The van der Waals surface area contributed by atoms with Crippen molar-refractivity contribution in [3.63, 3.8) is 0 Å². The molecule has 0 unspecified atom stereocenters. The first-order valence-corrected chi connectivity index (χ1v) is 8.36. The Bertz CT molecular complexity index is 753. The number of hydrogen-bond acceptors (Lipinski definition) is 5. The van der Waals surface area contributed by atoms with Gasteiger partial charge in [-0.05, 0) is 49.9 Å². The number of amides is 1. The van der Waals surface area contributed by atoms with Crippen molar-refractivity contribution < 1.29 is 14.3 Å². The molecule has 0 saturated carbocycles. The van der Waals surface area contributed by atoms with Gasteiger partial charge in [-0.3, -0.25) is 4.79 Å². The highest BCUT2D eigenvalue weighted by Gasteiger charge is 2.35. The molecule has 0 atom stereocenters. The van der Waals surface area contributed by atoms with Crippen LogP contribution in [0.5, 0.6) is 11.6 Å². The summed E-state index contributed by atoms with van der Waals surface area (Å²) in [6, 6.07) is 9.37. The maximum atomic E-state index is 12.4. The van der Waals surface area contributed by atoms with Gasteiger partial charge in [-0.15, -0.1) is 0 Å². The number of hydrogen-bond donors (Lipinski definition) is 2. The lowest BCUT2D eigenvalue weighted by Gasteiger charge is -2.31. The Labute approximate surface area is 147 Å². The molecule has 0 radical (unpaired) electrons. The smallest absolute Gasteiger partial charge is 0.244 e. The van der Waals surface area contributed by atoms with Crippen molar-refractivity contribution in [1.82, 2.24) is 4.98 Å². The average Bonchev–Trinajstić information content (AvgIpc) is 2.61. The summed E-state index contributed by atoms with van der Waals surface area (Å²) in [5.41, 5.74) is 8.12. The summed E-state index contributed by atoms with van der Waals surface area (Å²) in [6.45, 7) is 5.05. The second-order valence-corrected chi connectivity index (χ2v) is 6.41. The van der Waals surface area contributed by atoms with Gasteiger partial charge in [-0.1, -0.05) is 12.1 Å². The van der Waals surface area contributed by atoms with Gasteiger partial charge < -0.3 is 20.5 Å². The van der Waals surface area contributed by atoms with Gasteiger partial charge in [0.15, 0.2) is 0 Å². The van der Waals surface area contributed by atoms with Crippen LogP contribution in [0.15, 0.2) is 36.5 Å². The number of pyridine rings is 1. The molecule has 2 heterocycles. The third-order valence-corrected chi connectivity index (χ3v) is 4.60. The first-order chi connectivity index (χ1) is 12.0. The molecular formula is C19H23N3O3. The van der Waals surface area contributed by atoms with Gasteiger partial charge in [0, 0.05) is 19.3 Å². The molecule has 0 bridgehead atoms. The fourth-order valence-corrected chi connectivity index (χ4v) is 2.68. The molecule has 1 aliphatic heterocycles. The molecule has 6 heteroatoms. The van der Waals surface area contributed by atoms with E-state index in [1.165, 1.54) is 0 Å². The normalized spacial score (nSPS) is 16.3. The summed E-state index contributed by atoms with van der Waals surface area (Å²) < 4.78 is 11.1. The highest BCUT2D eigenvalue weighted by molar-refractivity contribution is 5.97. The summed E-state index contributed by atoms with van der Waals surface area (Å²) in [6.07, 6.45) is 2.60. The molecule has 1 aliphatic rings. The lowest BCUT2D eigenvalue weighted by molar-refractivity contribution is -0.124. The van der Waals surface area contributed by atoms with E-state index in [1.54, 1.807) is 18.3 Å². The third kappa shape index (κ3) is 3.97. The number of nitrogens with two attached hydrogens (primary N) is 1. The predicted molar refractivity (Wildman–Crippen MR) is 95.8 cm³/mol. The molecule has 6 nitrogen and oxygen atoms in total. The lowest BCUT2D eigenvalue weighted by atomic mass is 9.90. The summed E-state index contributed by atoms with van der Waals surface area (Å²) in [5, 5.41) is 2.83. The van der Waals surface area contributed by atoms with Crippen molar-refractivity contribution in [2.45, 2.75) is 32.2 Å². The second-order valence-electron chi connectivity index (χ2n) is 6.41. The molecule has 3 N–H and O–H groups in total. The van der Waals surface area contributed by atoms with E-state index < -0.39 is 5.54 Å². The predicted octanol–water partition coefficient (Wildman–Crippen LogP) is 2.94. The maximum Gasteiger partial charge on any atom is 0.244 e. The van der Waals surface area contributed by atoms with E-state index >= 15 is 0 Å². The van der Waals surface area contributed by atoms with E-state index in [4.69, 9.17) is 15.2 Å². The second kappa shape index (κ2) is 7.21. The quantitative estimate of drug-likeness (QED) is 0.893. The summed E-state index contributed by atoms with van der Waals surface area (Å²) in [4.78, 5) is 16.7. The van der Waals surface area contributed by atoms with Gasteiger partial charge in [0.05, 0.1) is 11.9 Å². The summed E-state index contributed by atoms with van der Waals surface area (Å²) in [5.74, 6) is 1.04. The largest absolute Gasteiger partial charge is 0.439 e. The number of aromatic nitrogens is 1. The molecule has 132 valence electrons. The van der Waals surface area contributed by atoms with Gasteiger partial charge in [0.2, 0.25) is 11.8 Å². The Morgan fingerprint density at radius 2 is 2.00 bits per heavy atom. The first-order valence-electron chi connectivity index (χ1n) is 8.36. The van der Waals surface area contributed by atoms with Crippen molar-refractivity contribution in [1.29, 1.82) is 0 Å². The van der Waals surface area contributed by atoms with E-state index in [2.05, 4.69) is 10.3 Å². The van der Waals surface area contributed by atoms with Crippen LogP contribution in [-0.2, 0) is 9.53 Å². The minimum absolute atomic E-state index is 0.208. The molecule has 1 aromatic carbocycles. The van der Waals surface area contributed by atoms with Crippen LogP contribution < -0.4 is 15.8 Å². The van der Waals surface area contributed by atoms with Gasteiger partial charge in [0.1, 0.15) is 11.3 Å². The minimum Gasteiger partial charge on any atom is -0.439 e. The van der Waals surface area contributed by atoms with E-state index in [9.17, 15) is 4.79 Å². The van der Waals surface area contributed by atoms with Crippen molar-refractivity contribution >= 4 is 11.6 Å². The first kappa shape index (κ1) is 17.4. The summed E-state index contributed by atoms with van der Waals surface area (Å²) >= 11 is 0. The molecular weight excluding hydrogens is 318 g/mol. The van der Waals surface area contributed by atoms with Crippen LogP contribution in [0.2, 0.25) is 0 Å². The number of rotatable bonds is 4. The molecule has 0 spiro atoms. The Morgan fingerprint density at radius 1 is 1.24 bits per heavy atom. The molecule has 3 rings (SSSR count). The number of ether oxygens (including phenoxy) is 2. The lowest BCUT2D eigenvalue weighted by Crippen LogP contribution is -2.54. The highest BCUT2D eigenvalue weighted by atomic mass is 16.5. The van der Waals surface area contributed by atoms with Crippen LogP contribution in [0.25, 0.3) is 0 Å². The van der Waals surface area contributed by atoms with Crippen molar-refractivity contribution in [2.75, 3.05) is 18.5 Å². The minimum atomic E-state index is -0.883. The zero-order chi connectivity index (χ0) is 17.9. The fourth-order valence-electron chi connectivity index (χ4n) is 2.68. The maximum absolute atomic E-state index is 12.4. The van der Waals surface area contributed by atoms with Crippen LogP contribution in [0.1, 0.15) is 24.0 Å². The van der Waals surface area contributed by atoms with Gasteiger partial charge in [0.25, 0.3) is 0 Å². The monoisotopic (exact) mass is 341 g/mol. The molecule has 1 aromatic heterocycles. The third-order valence-electron chi connectivity index (χ3n) is 4.60. The number of anilines is 1. The van der Waals surface area contributed by atoms with E-state index in [1.807, 2.05) is 32.0 Å². The van der Waals surface area contributed by atoms with Gasteiger partial charge >= 0.3 is 0 Å². The molecule has 2 aromatic rings. The van der Waals surface area contributed by atoms with Crippen molar-refractivity contribution in [3.05, 3.63) is 47.7 Å². The topological polar surface area (TPSA) is 86.5 Å². The Kier molecular flexibility index (Phi) is 5.01. The molecule has 0 aliphatic carbocycles. The zero-order valence-corrected chi connectivity index (χ0v) is 14.5. The van der Waals surface area contributed by atoms with Crippen LogP contribution in [-0.4, -0.2) is 29.6 Å². The molecule has 25 heavy (non-hydrogen) atoms. The SMILES string of the molecule is Cc1cccc(Oc2ccc(NC(=O)C3(N)CCOCC3)cn2)c1C. The highest BCUT2D eigenvalue weighted by Crippen LogP contribution is 2.26. The molecule has 1 fully saturated rings. The fraction of sp³-hybridized carbons (Fsp3) is 0.368. The van der Waals surface area contributed by atoms with Crippen LogP contribution in [0.3, 0.4) is 0 Å². The van der Waals surface area contributed by atoms with Gasteiger partial charge in [-0.2, -0.15) is 0 Å². The zero-order valence-electron chi connectivity index (χ0n) is 14.5. The van der Waals surface area contributed by atoms with Crippen LogP contribution in [0.4, 0.5) is 5.69 Å². The number of carbonyl (C=O) groups is 1. The van der Waals surface area contributed by atoms with Crippen LogP contribution in [0, 0.1) is 13.8 Å². The Balaban J connectivity index is 1.66. The molecule has 1 amide bonds. The number of aryl methyl sites for hydroxylation is 1. The number of nitrogens with one attached hydrogen (secondary N) is 1. The van der Waals surface area contributed by atoms with Crippen molar-refractivity contribution in [2.24, 2.45) is 5.73 Å². The Hall–Kier alpha value is -2.44. The van der Waals surface area contributed by atoms with Crippen LogP contribution >= 0.6 is 0 Å². The van der Waals surface area contributed by atoms with E-state index in [0.29, 0.717) is 37.6 Å². The Morgan fingerprint density at radius 3 is 2.68 bits per heavy atom. The number of benzene rings is 1.